The number of pyridine rings is 1. The third-order valence-electron chi connectivity index (χ3n) is 2.95. The van der Waals surface area contributed by atoms with Gasteiger partial charge < -0.3 is 15.8 Å². The number of aromatic nitrogens is 1. The molecule has 0 unspecified atom stereocenters. The highest BCUT2D eigenvalue weighted by atomic mass is 16.6. The first kappa shape index (κ1) is 15.1. The van der Waals surface area contributed by atoms with Gasteiger partial charge in [-0.05, 0) is 17.7 Å². The molecule has 0 radical (unpaired) electrons. The first-order chi connectivity index (χ1) is 10.5. The fourth-order valence-electron chi connectivity index (χ4n) is 1.88. The van der Waals surface area contributed by atoms with E-state index < -0.39 is 4.92 Å². The van der Waals surface area contributed by atoms with Gasteiger partial charge in [0.1, 0.15) is 0 Å². The van der Waals surface area contributed by atoms with Crippen LogP contribution in [-0.4, -0.2) is 22.0 Å². The van der Waals surface area contributed by atoms with Crippen molar-refractivity contribution in [3.8, 4) is 5.75 Å². The molecule has 1 heterocycles. The molecule has 0 aliphatic rings. The summed E-state index contributed by atoms with van der Waals surface area (Å²) in [4.78, 5) is 10.5. The van der Waals surface area contributed by atoms with Gasteiger partial charge in [0.15, 0.2) is 5.75 Å². The van der Waals surface area contributed by atoms with Crippen LogP contribution in [0.3, 0.4) is 0 Å². The van der Waals surface area contributed by atoms with Crippen LogP contribution in [0.1, 0.15) is 11.1 Å². The molecular formula is C14H14N4O4. The Morgan fingerprint density at radius 3 is 2.82 bits per heavy atom. The maximum atomic E-state index is 11.0. The number of nitro benzene ring substituents is 1. The van der Waals surface area contributed by atoms with Crippen LogP contribution < -0.4 is 15.9 Å². The van der Waals surface area contributed by atoms with Gasteiger partial charge in [-0.15, -0.1) is 0 Å². The molecule has 0 aliphatic carbocycles. The van der Waals surface area contributed by atoms with Crippen LogP contribution in [0.15, 0.2) is 41.8 Å². The first-order valence-corrected chi connectivity index (χ1v) is 6.21. The van der Waals surface area contributed by atoms with Gasteiger partial charge in [-0.25, -0.2) is 4.73 Å². The number of nitrogens with two attached hydrogens (primary N) is 1. The Labute approximate surface area is 125 Å². The third-order valence-corrected chi connectivity index (χ3v) is 2.95. The van der Waals surface area contributed by atoms with Gasteiger partial charge >= 0.3 is 5.69 Å². The highest BCUT2D eigenvalue weighted by Gasteiger charge is 2.14. The molecule has 0 saturated carbocycles. The van der Waals surface area contributed by atoms with E-state index in [9.17, 15) is 15.3 Å². The summed E-state index contributed by atoms with van der Waals surface area (Å²) in [6.07, 6.45) is 6.10. The molecule has 22 heavy (non-hydrogen) atoms. The smallest absolute Gasteiger partial charge is 0.311 e. The van der Waals surface area contributed by atoms with E-state index in [1.165, 1.54) is 37.7 Å². The average molecular weight is 302 g/mol. The van der Waals surface area contributed by atoms with Crippen LogP contribution in [0.5, 0.6) is 5.75 Å². The molecule has 8 nitrogen and oxygen atoms in total. The van der Waals surface area contributed by atoms with Crippen molar-refractivity contribution in [3.05, 3.63) is 63.3 Å². The zero-order valence-corrected chi connectivity index (χ0v) is 11.7. The van der Waals surface area contributed by atoms with Crippen LogP contribution >= 0.6 is 0 Å². The molecule has 0 saturated heterocycles. The van der Waals surface area contributed by atoms with Gasteiger partial charge in [0, 0.05) is 17.8 Å². The molecule has 2 rings (SSSR count). The number of rotatable bonds is 4. The van der Waals surface area contributed by atoms with Gasteiger partial charge in [0.2, 0.25) is 0 Å². The minimum absolute atomic E-state index is 0.126. The topological polar surface area (TPSA) is 116 Å². The molecule has 3 N–H and O–H groups in total. The van der Waals surface area contributed by atoms with Crippen molar-refractivity contribution in [2.45, 2.75) is 0 Å². The standard InChI is InChI=1S/C14H14N4O4/c1-22-14-5-3-10(8-13(14)18(20)21)2-4-11-9-17(19)7-6-12(11)16-15/h2-9,19H,15H2,1H3/b4-2?,16-12-. The number of hydrogen-bond donors (Lipinski definition) is 2. The van der Waals surface area contributed by atoms with Crippen molar-refractivity contribution in [2.75, 3.05) is 7.11 Å². The average Bonchev–Trinajstić information content (AvgIpc) is 2.52. The number of hydrogen-bond acceptors (Lipinski definition) is 6. The quantitative estimate of drug-likeness (QED) is 0.385. The SMILES string of the molecule is COc1ccc(C=Cc2cn(O)cc/c2=N/N)cc1[N+](=O)[O-]. The van der Waals surface area contributed by atoms with E-state index in [0.717, 1.165) is 4.73 Å². The zero-order chi connectivity index (χ0) is 16.1. The zero-order valence-electron chi connectivity index (χ0n) is 11.7. The molecule has 0 atom stereocenters. The lowest BCUT2D eigenvalue weighted by atomic mass is 10.1. The first-order valence-electron chi connectivity index (χ1n) is 6.21. The molecule has 0 bridgehead atoms. The maximum Gasteiger partial charge on any atom is 0.311 e. The minimum atomic E-state index is -0.513. The Bertz CT molecular complexity index is 796. The predicted molar refractivity (Wildman–Crippen MR) is 79.9 cm³/mol. The lowest BCUT2D eigenvalue weighted by molar-refractivity contribution is -0.385. The minimum Gasteiger partial charge on any atom is -0.490 e. The lowest BCUT2D eigenvalue weighted by Gasteiger charge is -2.02. The van der Waals surface area contributed by atoms with E-state index >= 15 is 0 Å². The van der Waals surface area contributed by atoms with Crippen molar-refractivity contribution in [2.24, 2.45) is 10.9 Å². The van der Waals surface area contributed by atoms with Gasteiger partial charge in [-0.2, -0.15) is 5.10 Å². The fraction of sp³-hybridized carbons (Fsp3) is 0.0714. The largest absolute Gasteiger partial charge is 0.490 e. The summed E-state index contributed by atoms with van der Waals surface area (Å²) < 4.78 is 5.81. The molecular weight excluding hydrogens is 288 g/mol. The summed E-state index contributed by atoms with van der Waals surface area (Å²) in [6.45, 7) is 0. The van der Waals surface area contributed by atoms with E-state index in [1.54, 1.807) is 18.2 Å². The second-order valence-electron chi connectivity index (χ2n) is 4.32. The predicted octanol–water partition coefficient (Wildman–Crippen LogP) is 1.59. The summed E-state index contributed by atoms with van der Waals surface area (Å²) in [6, 6.07) is 6.13. The third kappa shape index (κ3) is 3.23. The summed E-state index contributed by atoms with van der Waals surface area (Å²) in [5.74, 6) is 5.45. The Morgan fingerprint density at radius 1 is 1.41 bits per heavy atom. The van der Waals surface area contributed by atoms with Crippen LogP contribution in [0.4, 0.5) is 5.69 Å². The Balaban J connectivity index is 2.41. The number of methoxy groups -OCH3 is 1. The van der Waals surface area contributed by atoms with Crippen molar-refractivity contribution in [1.29, 1.82) is 0 Å². The number of ether oxygens (including phenoxy) is 1. The highest BCUT2D eigenvalue weighted by molar-refractivity contribution is 5.71. The van der Waals surface area contributed by atoms with E-state index in [4.69, 9.17) is 10.6 Å². The number of nitro groups is 1. The van der Waals surface area contributed by atoms with Gasteiger partial charge in [-0.1, -0.05) is 18.2 Å². The molecule has 0 amide bonds. The molecule has 0 fully saturated rings. The second-order valence-corrected chi connectivity index (χ2v) is 4.32. The van der Waals surface area contributed by atoms with E-state index in [1.807, 2.05) is 0 Å². The summed E-state index contributed by atoms with van der Waals surface area (Å²) in [7, 11) is 1.37. The maximum absolute atomic E-state index is 11.0. The number of nitrogens with zero attached hydrogens (tertiary/aromatic N) is 3. The van der Waals surface area contributed by atoms with Gasteiger partial charge in [0.05, 0.1) is 23.6 Å². The molecule has 1 aromatic carbocycles. The molecule has 114 valence electrons. The van der Waals surface area contributed by atoms with Gasteiger partial charge in [-0.3, -0.25) is 10.1 Å². The monoisotopic (exact) mass is 302 g/mol. The van der Waals surface area contributed by atoms with Gasteiger partial charge in [0.25, 0.3) is 0 Å². The number of benzene rings is 1. The highest BCUT2D eigenvalue weighted by Crippen LogP contribution is 2.28. The second kappa shape index (κ2) is 6.44. The van der Waals surface area contributed by atoms with Crippen molar-refractivity contribution < 1.29 is 14.9 Å². The van der Waals surface area contributed by atoms with E-state index in [0.29, 0.717) is 16.5 Å². The van der Waals surface area contributed by atoms with Crippen molar-refractivity contribution in [1.82, 2.24) is 4.73 Å². The van der Waals surface area contributed by atoms with Crippen LogP contribution in [0, 0.1) is 10.1 Å². The van der Waals surface area contributed by atoms with Crippen molar-refractivity contribution >= 4 is 17.8 Å². The summed E-state index contributed by atoms with van der Waals surface area (Å²) >= 11 is 0. The Morgan fingerprint density at radius 2 is 2.18 bits per heavy atom. The van der Waals surface area contributed by atoms with E-state index in [-0.39, 0.29) is 11.4 Å². The molecule has 0 spiro atoms. The van der Waals surface area contributed by atoms with Crippen LogP contribution in [0.25, 0.3) is 12.2 Å². The lowest BCUT2D eigenvalue weighted by Crippen LogP contribution is -2.11. The summed E-state index contributed by atoms with van der Waals surface area (Å²) in [5, 5.41) is 24.5. The van der Waals surface area contributed by atoms with Crippen LogP contribution in [0.2, 0.25) is 0 Å². The Hall–Kier alpha value is -3.29. The normalized spacial score (nSPS) is 11.8. The Kier molecular flexibility index (Phi) is 4.42. The molecule has 1 aromatic heterocycles. The van der Waals surface area contributed by atoms with Crippen molar-refractivity contribution in [3.63, 3.8) is 0 Å². The summed E-state index contributed by atoms with van der Waals surface area (Å²) in [5.41, 5.74) is 1.04. The molecule has 8 heteroatoms. The van der Waals surface area contributed by atoms with Crippen LogP contribution in [-0.2, 0) is 0 Å². The van der Waals surface area contributed by atoms with E-state index in [2.05, 4.69) is 5.10 Å². The molecule has 2 aromatic rings. The fourth-order valence-corrected chi connectivity index (χ4v) is 1.88. The molecule has 0 aliphatic heterocycles.